The molecule has 0 aromatic carbocycles. The number of carboxylic acid groups (broad SMARTS) is 1. The summed E-state index contributed by atoms with van der Waals surface area (Å²) < 4.78 is 5.75. The molecule has 2 saturated heterocycles. The average molecular weight is 324 g/mol. The van der Waals surface area contributed by atoms with Crippen LogP contribution in [0.4, 0.5) is 4.79 Å². The number of carbonyl (C=O) groups excluding carboxylic acids is 1. The zero-order chi connectivity index (χ0) is 16.6. The van der Waals surface area contributed by atoms with Crippen molar-refractivity contribution in [2.45, 2.75) is 45.6 Å². The number of carbonyl (C=O) groups is 2. The third-order valence-electron chi connectivity index (χ3n) is 6.02. The Morgan fingerprint density at radius 1 is 1.39 bits per heavy atom. The predicted molar refractivity (Wildman–Crippen MR) is 85.1 cm³/mol. The molecule has 0 bridgehead atoms. The molecule has 0 spiro atoms. The number of urea groups is 1. The summed E-state index contributed by atoms with van der Waals surface area (Å²) in [5, 5.41) is 12.6. The van der Waals surface area contributed by atoms with Crippen LogP contribution < -0.4 is 5.32 Å². The molecule has 23 heavy (non-hydrogen) atoms. The first kappa shape index (κ1) is 16.6. The van der Waals surface area contributed by atoms with E-state index in [1.54, 1.807) is 4.90 Å². The minimum absolute atomic E-state index is 0.115. The lowest BCUT2D eigenvalue weighted by atomic mass is 9.81. The number of ether oxygens (including phenoxy) is 1. The van der Waals surface area contributed by atoms with Crippen LogP contribution in [0.3, 0.4) is 0 Å². The van der Waals surface area contributed by atoms with Gasteiger partial charge in [-0.15, -0.1) is 0 Å². The zero-order valence-electron chi connectivity index (χ0n) is 14.1. The largest absolute Gasteiger partial charge is 0.481 e. The van der Waals surface area contributed by atoms with Gasteiger partial charge in [0.25, 0.3) is 0 Å². The second-order valence-corrected chi connectivity index (χ2v) is 7.75. The molecule has 2 unspecified atom stereocenters. The van der Waals surface area contributed by atoms with E-state index in [-0.39, 0.29) is 18.1 Å². The molecule has 3 aliphatic rings. The summed E-state index contributed by atoms with van der Waals surface area (Å²) in [6.07, 6.45) is 3.76. The molecule has 130 valence electrons. The number of hydrogen-bond acceptors (Lipinski definition) is 3. The van der Waals surface area contributed by atoms with Gasteiger partial charge in [0, 0.05) is 32.2 Å². The molecule has 2 amide bonds. The Morgan fingerprint density at radius 2 is 2.17 bits per heavy atom. The van der Waals surface area contributed by atoms with Crippen molar-refractivity contribution in [3.05, 3.63) is 0 Å². The van der Waals surface area contributed by atoms with Crippen LogP contribution in [0.5, 0.6) is 0 Å². The monoisotopic (exact) mass is 324 g/mol. The maximum Gasteiger partial charge on any atom is 0.317 e. The van der Waals surface area contributed by atoms with E-state index in [9.17, 15) is 14.7 Å². The molecule has 1 saturated carbocycles. The molecular formula is C17H28N2O4. The van der Waals surface area contributed by atoms with Crippen molar-refractivity contribution < 1.29 is 19.4 Å². The van der Waals surface area contributed by atoms with E-state index >= 15 is 0 Å². The van der Waals surface area contributed by atoms with Crippen LogP contribution in [0.15, 0.2) is 0 Å². The number of fused-ring (bicyclic) bond motifs is 1. The van der Waals surface area contributed by atoms with Crippen molar-refractivity contribution in [2.75, 3.05) is 26.2 Å². The summed E-state index contributed by atoms with van der Waals surface area (Å²) in [6, 6.07) is -0.116. The van der Waals surface area contributed by atoms with Gasteiger partial charge in [-0.3, -0.25) is 4.79 Å². The van der Waals surface area contributed by atoms with Crippen molar-refractivity contribution in [3.63, 3.8) is 0 Å². The third-order valence-corrected chi connectivity index (χ3v) is 6.02. The van der Waals surface area contributed by atoms with E-state index in [1.807, 2.05) is 0 Å². The van der Waals surface area contributed by atoms with Crippen molar-refractivity contribution in [3.8, 4) is 0 Å². The van der Waals surface area contributed by atoms with Gasteiger partial charge in [-0.2, -0.15) is 0 Å². The molecule has 4 atom stereocenters. The number of carboxylic acids is 1. The van der Waals surface area contributed by atoms with Crippen LogP contribution >= 0.6 is 0 Å². The number of amides is 2. The number of likely N-dealkylation sites (tertiary alicyclic amines) is 1. The lowest BCUT2D eigenvalue weighted by Crippen LogP contribution is -2.44. The van der Waals surface area contributed by atoms with Crippen molar-refractivity contribution in [2.24, 2.45) is 23.2 Å². The highest BCUT2D eigenvalue weighted by Crippen LogP contribution is 2.48. The first-order valence-electron chi connectivity index (χ1n) is 8.82. The Labute approximate surface area is 137 Å². The van der Waals surface area contributed by atoms with Crippen LogP contribution in [-0.4, -0.2) is 54.4 Å². The average Bonchev–Trinajstić information content (AvgIpc) is 3.17. The first-order chi connectivity index (χ1) is 10.9. The number of hydrogen-bond donors (Lipinski definition) is 2. The number of rotatable bonds is 4. The Balaban J connectivity index is 1.55. The Morgan fingerprint density at radius 3 is 2.83 bits per heavy atom. The Bertz CT molecular complexity index is 481. The van der Waals surface area contributed by atoms with Crippen LogP contribution in [0.1, 0.15) is 39.5 Å². The fourth-order valence-electron chi connectivity index (χ4n) is 4.73. The number of aliphatic carboxylic acids is 1. The third kappa shape index (κ3) is 2.93. The highest BCUT2D eigenvalue weighted by molar-refractivity contribution is 5.80. The normalized spacial score (nSPS) is 36.5. The minimum Gasteiger partial charge on any atom is -0.481 e. The van der Waals surface area contributed by atoms with Crippen molar-refractivity contribution >= 4 is 12.0 Å². The predicted octanol–water partition coefficient (Wildman–Crippen LogP) is 1.94. The van der Waals surface area contributed by atoms with Gasteiger partial charge in [0.15, 0.2) is 0 Å². The zero-order valence-corrected chi connectivity index (χ0v) is 14.1. The van der Waals surface area contributed by atoms with Crippen LogP contribution in [-0.2, 0) is 9.53 Å². The van der Waals surface area contributed by atoms with Crippen LogP contribution in [0.2, 0.25) is 0 Å². The summed E-state index contributed by atoms with van der Waals surface area (Å²) in [6.45, 7) is 6.59. The molecule has 3 rings (SSSR count). The van der Waals surface area contributed by atoms with Gasteiger partial charge in [0.2, 0.25) is 0 Å². The molecule has 0 radical (unpaired) electrons. The highest BCUT2D eigenvalue weighted by Gasteiger charge is 2.55. The van der Waals surface area contributed by atoms with E-state index in [1.165, 1.54) is 0 Å². The summed E-state index contributed by atoms with van der Waals surface area (Å²) in [5.41, 5.74) is -0.700. The van der Waals surface area contributed by atoms with Crippen molar-refractivity contribution in [1.82, 2.24) is 10.2 Å². The smallest absolute Gasteiger partial charge is 0.317 e. The second kappa shape index (κ2) is 6.30. The van der Waals surface area contributed by atoms with Gasteiger partial charge < -0.3 is 20.1 Å². The molecule has 0 aromatic heterocycles. The fourth-order valence-corrected chi connectivity index (χ4v) is 4.73. The topological polar surface area (TPSA) is 78.9 Å². The van der Waals surface area contributed by atoms with E-state index in [2.05, 4.69) is 19.2 Å². The standard InChI is InChI=1S/C17H28N2O4/c1-11(2)14-12(5-7-23-14)8-18-16(22)19-9-13-4-3-6-17(13,10-19)15(20)21/h11-14H,3-10H2,1-2H3,(H,18,22)(H,20,21)/t12?,13-,14?,17+/m0/s1. The molecule has 1 aliphatic carbocycles. The number of nitrogens with one attached hydrogen (secondary N) is 1. The highest BCUT2D eigenvalue weighted by atomic mass is 16.5. The lowest BCUT2D eigenvalue weighted by molar-refractivity contribution is -0.149. The molecule has 2 heterocycles. The van der Waals surface area contributed by atoms with E-state index < -0.39 is 11.4 Å². The summed E-state index contributed by atoms with van der Waals surface area (Å²) in [7, 11) is 0. The molecule has 2 N–H and O–H groups in total. The molecule has 3 fully saturated rings. The first-order valence-corrected chi connectivity index (χ1v) is 8.82. The van der Waals surface area contributed by atoms with Gasteiger partial charge in [0.1, 0.15) is 0 Å². The van der Waals surface area contributed by atoms with Gasteiger partial charge in [-0.05, 0) is 31.1 Å². The molecular weight excluding hydrogens is 296 g/mol. The van der Waals surface area contributed by atoms with Gasteiger partial charge >= 0.3 is 12.0 Å². The van der Waals surface area contributed by atoms with E-state index in [0.29, 0.717) is 37.9 Å². The van der Waals surface area contributed by atoms with Gasteiger partial charge in [0.05, 0.1) is 11.5 Å². The quantitative estimate of drug-likeness (QED) is 0.828. The fraction of sp³-hybridized carbons (Fsp3) is 0.882. The van der Waals surface area contributed by atoms with Crippen LogP contribution in [0, 0.1) is 23.2 Å². The molecule has 6 heteroatoms. The van der Waals surface area contributed by atoms with E-state index in [4.69, 9.17) is 4.74 Å². The Hall–Kier alpha value is -1.30. The molecule has 2 aliphatic heterocycles. The molecule has 0 aromatic rings. The lowest BCUT2D eigenvalue weighted by Gasteiger charge is -2.25. The number of nitrogens with zero attached hydrogens (tertiary/aromatic N) is 1. The SMILES string of the molecule is CC(C)C1OCCC1CNC(=O)N1C[C@@H]2CCC[C@@]2(C(=O)O)C1. The van der Waals surface area contributed by atoms with E-state index in [0.717, 1.165) is 25.9 Å². The van der Waals surface area contributed by atoms with Crippen molar-refractivity contribution in [1.29, 1.82) is 0 Å². The summed E-state index contributed by atoms with van der Waals surface area (Å²) in [5.74, 6) is 0.179. The molecule has 6 nitrogen and oxygen atoms in total. The Kier molecular flexibility index (Phi) is 4.54. The summed E-state index contributed by atoms with van der Waals surface area (Å²) in [4.78, 5) is 25.8. The van der Waals surface area contributed by atoms with Crippen LogP contribution in [0.25, 0.3) is 0 Å². The second-order valence-electron chi connectivity index (χ2n) is 7.75. The maximum absolute atomic E-state index is 12.5. The van der Waals surface area contributed by atoms with Gasteiger partial charge in [-0.1, -0.05) is 20.3 Å². The minimum atomic E-state index is -0.737. The van der Waals surface area contributed by atoms with Gasteiger partial charge in [-0.25, -0.2) is 4.79 Å². The maximum atomic E-state index is 12.5. The summed E-state index contributed by atoms with van der Waals surface area (Å²) >= 11 is 0.